The normalized spacial score (nSPS) is 12.8. The van der Waals surface area contributed by atoms with Crippen LogP contribution in [0.1, 0.15) is 0 Å². The molecular formula is C39H24BN3OS. The van der Waals surface area contributed by atoms with Crippen LogP contribution in [0.4, 0.5) is 17.2 Å². The van der Waals surface area contributed by atoms with E-state index in [-0.39, 0.29) is 6.71 Å². The van der Waals surface area contributed by atoms with Crippen LogP contribution in [0.25, 0.3) is 47.7 Å². The van der Waals surface area contributed by atoms with E-state index in [1.165, 1.54) is 31.9 Å². The molecule has 10 rings (SSSR count). The monoisotopic (exact) mass is 593 g/mol. The van der Waals surface area contributed by atoms with Crippen molar-refractivity contribution in [2.45, 2.75) is 0 Å². The SMILES string of the molecule is c1ccc(B2c3oc4ccccc4c3N(c3nccc4c3sc3ccccc34)c3c2n(-c2ccccc2)c2ccccc32)cc1. The maximum atomic E-state index is 6.94. The Balaban J connectivity index is 1.42. The number of benzene rings is 5. The van der Waals surface area contributed by atoms with E-state index in [1.54, 1.807) is 11.3 Å². The smallest absolute Gasteiger partial charge is 0.313 e. The van der Waals surface area contributed by atoms with Gasteiger partial charge < -0.3 is 8.98 Å². The zero-order valence-electron chi connectivity index (χ0n) is 24.1. The van der Waals surface area contributed by atoms with Gasteiger partial charge >= 0.3 is 6.71 Å². The topological polar surface area (TPSA) is 34.2 Å². The minimum Gasteiger partial charge on any atom is -0.468 e. The van der Waals surface area contributed by atoms with E-state index in [0.717, 1.165) is 49.7 Å². The van der Waals surface area contributed by atoms with Crippen LogP contribution in [0.2, 0.25) is 0 Å². The third kappa shape index (κ3) is 3.46. The predicted molar refractivity (Wildman–Crippen MR) is 190 cm³/mol. The molecule has 45 heavy (non-hydrogen) atoms. The van der Waals surface area contributed by atoms with Crippen molar-refractivity contribution in [3.05, 3.63) is 146 Å². The number of nitrogens with zero attached hydrogens (tertiary/aromatic N) is 3. The standard InChI is InChI=1S/C39H24BN3OS/c1-3-13-25(14-4-1)40-37-34(29-18-7-10-20-31(29)42(37)26-15-5-2-6-16-26)43(35-30-19-8-11-21-32(30)44-38(35)40)39-36-28(23-24-41-39)27-17-9-12-22-33(27)45-36/h1-24H. The lowest BCUT2D eigenvalue weighted by atomic mass is 9.39. The molecule has 4 aromatic heterocycles. The zero-order valence-corrected chi connectivity index (χ0v) is 24.9. The molecule has 0 radical (unpaired) electrons. The Labute approximate surface area is 263 Å². The molecule has 210 valence electrons. The summed E-state index contributed by atoms with van der Waals surface area (Å²) >= 11 is 1.80. The summed E-state index contributed by atoms with van der Waals surface area (Å²) in [5.74, 6) is 0.922. The Morgan fingerprint density at radius 1 is 0.600 bits per heavy atom. The van der Waals surface area contributed by atoms with Crippen LogP contribution in [0, 0.1) is 0 Å². The number of rotatable bonds is 3. The molecule has 0 spiro atoms. The summed E-state index contributed by atoms with van der Waals surface area (Å²) in [5, 5.41) is 4.72. The second-order valence-electron chi connectivity index (χ2n) is 11.5. The Bertz CT molecular complexity index is 2570. The van der Waals surface area contributed by atoms with Crippen molar-refractivity contribution in [3.8, 4) is 5.69 Å². The van der Waals surface area contributed by atoms with Gasteiger partial charge in [-0.15, -0.1) is 11.3 Å². The number of para-hydroxylation sites is 3. The number of hydrogen-bond acceptors (Lipinski definition) is 4. The van der Waals surface area contributed by atoms with Gasteiger partial charge in [0.1, 0.15) is 11.2 Å². The maximum absolute atomic E-state index is 6.94. The zero-order chi connectivity index (χ0) is 29.5. The van der Waals surface area contributed by atoms with Crippen LogP contribution >= 0.6 is 11.3 Å². The highest BCUT2D eigenvalue weighted by Crippen LogP contribution is 2.48. The number of thiophene rings is 1. The Morgan fingerprint density at radius 3 is 2.13 bits per heavy atom. The van der Waals surface area contributed by atoms with Gasteiger partial charge in [-0.25, -0.2) is 4.98 Å². The molecule has 6 heteroatoms. The second kappa shape index (κ2) is 9.46. The number of pyridine rings is 1. The van der Waals surface area contributed by atoms with Crippen molar-refractivity contribution in [3.63, 3.8) is 0 Å². The van der Waals surface area contributed by atoms with E-state index >= 15 is 0 Å². The minimum absolute atomic E-state index is 0.144. The van der Waals surface area contributed by atoms with Crippen LogP contribution in [0.5, 0.6) is 0 Å². The van der Waals surface area contributed by atoms with Crippen LogP contribution in [-0.2, 0) is 0 Å². The lowest BCUT2D eigenvalue weighted by Gasteiger charge is -2.33. The van der Waals surface area contributed by atoms with Gasteiger partial charge in [0.05, 0.1) is 21.6 Å². The molecule has 0 bridgehead atoms. The quantitative estimate of drug-likeness (QED) is 0.193. The molecule has 5 heterocycles. The number of anilines is 3. The van der Waals surface area contributed by atoms with Crippen molar-refractivity contribution >= 4 is 94.0 Å². The van der Waals surface area contributed by atoms with Gasteiger partial charge in [0.25, 0.3) is 0 Å². The number of aromatic nitrogens is 2. The molecular weight excluding hydrogens is 569 g/mol. The summed E-state index contributed by atoms with van der Waals surface area (Å²) in [5.41, 5.74) is 8.61. The van der Waals surface area contributed by atoms with E-state index in [9.17, 15) is 0 Å². The molecule has 9 aromatic rings. The molecule has 4 nitrogen and oxygen atoms in total. The van der Waals surface area contributed by atoms with Gasteiger partial charge in [0.2, 0.25) is 0 Å². The average molecular weight is 594 g/mol. The van der Waals surface area contributed by atoms with E-state index in [2.05, 4.69) is 149 Å². The average Bonchev–Trinajstić information content (AvgIpc) is 3.78. The molecule has 0 N–H and O–H groups in total. The van der Waals surface area contributed by atoms with E-state index in [4.69, 9.17) is 9.40 Å². The molecule has 0 amide bonds. The third-order valence-electron chi connectivity index (χ3n) is 9.10. The summed E-state index contributed by atoms with van der Waals surface area (Å²) in [6, 6.07) is 49.4. The first-order chi connectivity index (χ1) is 22.4. The molecule has 0 atom stereocenters. The molecule has 5 aromatic carbocycles. The van der Waals surface area contributed by atoms with E-state index in [1.807, 2.05) is 6.20 Å². The fraction of sp³-hybridized carbons (Fsp3) is 0. The van der Waals surface area contributed by atoms with Crippen molar-refractivity contribution in [1.29, 1.82) is 0 Å². The van der Waals surface area contributed by atoms with Crippen molar-refractivity contribution < 1.29 is 4.42 Å². The lowest BCUT2D eigenvalue weighted by molar-refractivity contribution is 0.651. The summed E-state index contributed by atoms with van der Waals surface area (Å²) in [7, 11) is 0. The number of fused-ring (bicyclic) bond motifs is 9. The van der Waals surface area contributed by atoms with Gasteiger partial charge in [-0.3, -0.25) is 4.90 Å². The third-order valence-corrected chi connectivity index (χ3v) is 10.3. The summed E-state index contributed by atoms with van der Waals surface area (Å²) in [6.07, 6.45) is 1.96. The fourth-order valence-electron chi connectivity index (χ4n) is 7.28. The van der Waals surface area contributed by atoms with Gasteiger partial charge in [-0.2, -0.15) is 0 Å². The Hall–Kier alpha value is -5.59. The van der Waals surface area contributed by atoms with Crippen LogP contribution in [-0.4, -0.2) is 16.3 Å². The van der Waals surface area contributed by atoms with E-state index < -0.39 is 0 Å². The highest BCUT2D eigenvalue weighted by molar-refractivity contribution is 7.26. The second-order valence-corrected chi connectivity index (χ2v) is 12.6. The molecule has 0 aliphatic carbocycles. The summed E-state index contributed by atoms with van der Waals surface area (Å²) in [4.78, 5) is 7.58. The van der Waals surface area contributed by atoms with E-state index in [0.29, 0.717) is 0 Å². The molecule has 0 unspecified atom stereocenters. The molecule has 1 aliphatic heterocycles. The van der Waals surface area contributed by atoms with Gasteiger partial charge in [0.15, 0.2) is 5.82 Å². The highest BCUT2D eigenvalue weighted by atomic mass is 32.1. The van der Waals surface area contributed by atoms with Crippen LogP contribution in [0.15, 0.2) is 150 Å². The van der Waals surface area contributed by atoms with Gasteiger partial charge in [-0.1, -0.05) is 103 Å². The highest BCUT2D eigenvalue weighted by Gasteiger charge is 2.45. The largest absolute Gasteiger partial charge is 0.468 e. The molecule has 0 fully saturated rings. The van der Waals surface area contributed by atoms with Crippen molar-refractivity contribution in [2.24, 2.45) is 0 Å². The number of hydrogen-bond donors (Lipinski definition) is 0. The van der Waals surface area contributed by atoms with Crippen LogP contribution in [0.3, 0.4) is 0 Å². The predicted octanol–water partition coefficient (Wildman–Crippen LogP) is 8.44. The molecule has 0 saturated heterocycles. The first kappa shape index (κ1) is 24.8. The van der Waals surface area contributed by atoms with Crippen molar-refractivity contribution in [2.75, 3.05) is 4.90 Å². The first-order valence-electron chi connectivity index (χ1n) is 15.2. The van der Waals surface area contributed by atoms with Crippen molar-refractivity contribution in [1.82, 2.24) is 9.55 Å². The van der Waals surface area contributed by atoms with Crippen LogP contribution < -0.4 is 21.6 Å². The Morgan fingerprint density at radius 2 is 1.29 bits per heavy atom. The summed E-state index contributed by atoms with van der Waals surface area (Å²) in [6.45, 7) is -0.144. The summed E-state index contributed by atoms with van der Waals surface area (Å²) < 4.78 is 11.8. The number of furan rings is 1. The minimum atomic E-state index is -0.144. The van der Waals surface area contributed by atoms with Gasteiger partial charge in [0, 0.05) is 43.7 Å². The Kier molecular flexibility index (Phi) is 5.21. The molecule has 1 aliphatic rings. The van der Waals surface area contributed by atoms with Gasteiger partial charge in [-0.05, 0) is 42.5 Å². The maximum Gasteiger partial charge on any atom is 0.313 e. The lowest BCUT2D eigenvalue weighted by Crippen LogP contribution is -2.58. The molecule has 0 saturated carbocycles. The fourth-order valence-corrected chi connectivity index (χ4v) is 8.45. The first-order valence-corrected chi connectivity index (χ1v) is 16.0.